The van der Waals surface area contributed by atoms with Crippen molar-refractivity contribution in [3.63, 3.8) is 0 Å². The van der Waals surface area contributed by atoms with Crippen molar-refractivity contribution in [2.75, 3.05) is 7.11 Å². The standard InChI is InChI=1S/C13H13O2P/c1-15-16-13-9-5-3-7-11(13)10-6-2-4-8-12(10)14/h2-9,14,16H,1H3. The largest absolute Gasteiger partial charge is 0.507 e. The van der Waals surface area contributed by atoms with Crippen LogP contribution in [0.1, 0.15) is 0 Å². The van der Waals surface area contributed by atoms with Crippen molar-refractivity contribution in [3.8, 4) is 16.9 Å². The monoisotopic (exact) mass is 232 g/mol. The van der Waals surface area contributed by atoms with Crippen LogP contribution in [0.4, 0.5) is 0 Å². The van der Waals surface area contributed by atoms with E-state index in [2.05, 4.69) is 0 Å². The minimum atomic E-state index is 0.297. The lowest BCUT2D eigenvalue weighted by Gasteiger charge is -2.09. The Balaban J connectivity index is 2.51. The van der Waals surface area contributed by atoms with Gasteiger partial charge in [0.25, 0.3) is 0 Å². The van der Waals surface area contributed by atoms with Gasteiger partial charge in [-0.3, -0.25) is 0 Å². The Morgan fingerprint density at radius 2 is 1.56 bits per heavy atom. The van der Waals surface area contributed by atoms with Crippen molar-refractivity contribution in [1.29, 1.82) is 0 Å². The summed E-state index contributed by atoms with van der Waals surface area (Å²) in [5, 5.41) is 10.9. The second-order valence-corrected chi connectivity index (χ2v) is 4.52. The van der Waals surface area contributed by atoms with E-state index < -0.39 is 0 Å². The van der Waals surface area contributed by atoms with E-state index in [0.29, 0.717) is 14.6 Å². The molecule has 0 radical (unpaired) electrons. The lowest BCUT2D eigenvalue weighted by atomic mass is 10.0. The highest BCUT2D eigenvalue weighted by molar-refractivity contribution is 7.42. The Morgan fingerprint density at radius 1 is 0.938 bits per heavy atom. The maximum atomic E-state index is 9.82. The van der Waals surface area contributed by atoms with E-state index in [9.17, 15) is 5.11 Å². The van der Waals surface area contributed by atoms with E-state index >= 15 is 0 Å². The minimum absolute atomic E-state index is 0.297. The number of phenols is 1. The SMILES string of the molecule is COPc1ccccc1-c1ccccc1O. The van der Waals surface area contributed by atoms with Gasteiger partial charge >= 0.3 is 0 Å². The van der Waals surface area contributed by atoms with Crippen LogP contribution in [-0.2, 0) is 4.52 Å². The number of phenolic OH excluding ortho intramolecular Hbond substituents is 1. The van der Waals surface area contributed by atoms with Gasteiger partial charge in [0.05, 0.1) is 0 Å². The van der Waals surface area contributed by atoms with Crippen LogP contribution in [0.25, 0.3) is 11.1 Å². The van der Waals surface area contributed by atoms with Crippen molar-refractivity contribution in [2.45, 2.75) is 0 Å². The predicted octanol–water partition coefficient (Wildman–Crippen LogP) is 2.92. The Kier molecular flexibility index (Phi) is 3.55. The Bertz CT molecular complexity index is 483. The molecule has 0 aliphatic rings. The van der Waals surface area contributed by atoms with Crippen LogP contribution >= 0.6 is 8.81 Å². The van der Waals surface area contributed by atoms with Crippen LogP contribution in [0, 0.1) is 0 Å². The van der Waals surface area contributed by atoms with Gasteiger partial charge in [-0.15, -0.1) is 0 Å². The number of hydrogen-bond donors (Lipinski definition) is 1. The molecule has 0 aliphatic heterocycles. The Morgan fingerprint density at radius 3 is 2.25 bits per heavy atom. The van der Waals surface area contributed by atoms with Gasteiger partial charge in [-0.05, 0) is 11.6 Å². The third kappa shape index (κ3) is 2.24. The minimum Gasteiger partial charge on any atom is -0.507 e. The molecule has 0 spiro atoms. The second kappa shape index (κ2) is 5.11. The molecule has 2 nitrogen and oxygen atoms in total. The summed E-state index contributed by atoms with van der Waals surface area (Å²) >= 11 is 0. The highest BCUT2D eigenvalue weighted by Gasteiger charge is 2.07. The third-order valence-corrected chi connectivity index (χ3v) is 3.19. The smallest absolute Gasteiger partial charge is 0.123 e. The van der Waals surface area contributed by atoms with Gasteiger partial charge in [0.15, 0.2) is 0 Å². The van der Waals surface area contributed by atoms with Crippen molar-refractivity contribution in [1.82, 2.24) is 0 Å². The fraction of sp³-hybridized carbons (Fsp3) is 0.0769. The summed E-state index contributed by atoms with van der Waals surface area (Å²) in [6.45, 7) is 0. The fourth-order valence-corrected chi connectivity index (χ4v) is 2.33. The Hall–Kier alpha value is -1.37. The molecule has 2 aromatic carbocycles. The first kappa shape index (κ1) is 11.1. The van der Waals surface area contributed by atoms with Crippen LogP contribution in [0.15, 0.2) is 48.5 Å². The number of para-hydroxylation sites is 1. The van der Waals surface area contributed by atoms with E-state index in [1.54, 1.807) is 13.2 Å². The molecule has 0 aliphatic carbocycles. The zero-order valence-electron chi connectivity index (χ0n) is 8.97. The van der Waals surface area contributed by atoms with E-state index in [1.165, 1.54) is 0 Å². The number of aromatic hydroxyl groups is 1. The third-order valence-electron chi connectivity index (χ3n) is 2.33. The van der Waals surface area contributed by atoms with Crippen LogP contribution < -0.4 is 5.30 Å². The molecule has 16 heavy (non-hydrogen) atoms. The maximum absolute atomic E-state index is 9.82. The van der Waals surface area contributed by atoms with E-state index in [1.807, 2.05) is 42.5 Å². The molecule has 0 fully saturated rings. The van der Waals surface area contributed by atoms with Crippen LogP contribution in [0.5, 0.6) is 5.75 Å². The lowest BCUT2D eigenvalue weighted by Crippen LogP contribution is -1.99. The molecule has 0 bridgehead atoms. The normalized spacial score (nSPS) is 11.1. The molecule has 1 atom stereocenters. The number of benzene rings is 2. The predicted molar refractivity (Wildman–Crippen MR) is 68.5 cm³/mol. The van der Waals surface area contributed by atoms with Gasteiger partial charge in [-0.25, -0.2) is 0 Å². The zero-order chi connectivity index (χ0) is 11.4. The molecule has 2 rings (SSSR count). The van der Waals surface area contributed by atoms with Gasteiger partial charge in [0.2, 0.25) is 0 Å². The first-order chi connectivity index (χ1) is 7.83. The zero-order valence-corrected chi connectivity index (χ0v) is 9.97. The summed E-state index contributed by atoms with van der Waals surface area (Å²) in [7, 11) is 1.98. The van der Waals surface area contributed by atoms with E-state index in [4.69, 9.17) is 4.52 Å². The summed E-state index contributed by atoms with van der Waals surface area (Å²) in [6, 6.07) is 15.3. The van der Waals surface area contributed by atoms with Crippen molar-refractivity contribution >= 4 is 14.1 Å². The van der Waals surface area contributed by atoms with Gasteiger partial charge in [-0.1, -0.05) is 42.5 Å². The highest BCUT2D eigenvalue weighted by Crippen LogP contribution is 2.30. The topological polar surface area (TPSA) is 29.5 Å². The van der Waals surface area contributed by atoms with Crippen LogP contribution in [0.2, 0.25) is 0 Å². The molecule has 0 saturated carbocycles. The Labute approximate surface area is 96.8 Å². The lowest BCUT2D eigenvalue weighted by molar-refractivity contribution is 0.477. The molecule has 0 amide bonds. The molecule has 0 aromatic heterocycles. The van der Waals surface area contributed by atoms with Crippen LogP contribution in [0.3, 0.4) is 0 Å². The molecule has 0 heterocycles. The maximum Gasteiger partial charge on any atom is 0.123 e. The molecule has 82 valence electrons. The van der Waals surface area contributed by atoms with Crippen molar-refractivity contribution in [3.05, 3.63) is 48.5 Å². The van der Waals surface area contributed by atoms with Gasteiger partial charge < -0.3 is 9.63 Å². The summed E-state index contributed by atoms with van der Waals surface area (Å²) in [6.07, 6.45) is 0. The quantitative estimate of drug-likeness (QED) is 0.824. The van der Waals surface area contributed by atoms with Gasteiger partial charge in [0, 0.05) is 26.8 Å². The average Bonchev–Trinajstić information content (AvgIpc) is 2.31. The summed E-state index contributed by atoms with van der Waals surface area (Å²) < 4.78 is 5.18. The van der Waals surface area contributed by atoms with Crippen LogP contribution in [-0.4, -0.2) is 12.2 Å². The highest BCUT2D eigenvalue weighted by atomic mass is 31.1. The first-order valence-corrected chi connectivity index (χ1v) is 5.90. The van der Waals surface area contributed by atoms with Crippen molar-refractivity contribution in [2.24, 2.45) is 0 Å². The fourth-order valence-electron chi connectivity index (χ4n) is 1.62. The summed E-state index contributed by atoms with van der Waals surface area (Å²) in [5.41, 5.74) is 1.88. The number of hydrogen-bond acceptors (Lipinski definition) is 2. The first-order valence-electron chi connectivity index (χ1n) is 4.99. The molecule has 2 aromatic rings. The molecule has 3 heteroatoms. The molecular formula is C13H13O2P. The molecule has 1 N–H and O–H groups in total. The van der Waals surface area contributed by atoms with Gasteiger partial charge in [0.1, 0.15) is 5.75 Å². The van der Waals surface area contributed by atoms with E-state index in [-0.39, 0.29) is 0 Å². The molecule has 0 saturated heterocycles. The summed E-state index contributed by atoms with van der Waals surface area (Å²) in [4.78, 5) is 0. The average molecular weight is 232 g/mol. The van der Waals surface area contributed by atoms with E-state index in [0.717, 1.165) is 16.4 Å². The molecular weight excluding hydrogens is 219 g/mol. The second-order valence-electron chi connectivity index (χ2n) is 3.37. The van der Waals surface area contributed by atoms with Crippen molar-refractivity contribution < 1.29 is 9.63 Å². The van der Waals surface area contributed by atoms with Gasteiger partial charge in [-0.2, -0.15) is 0 Å². The summed E-state index contributed by atoms with van der Waals surface area (Å²) in [5.74, 6) is 0.302. The number of rotatable bonds is 3. The molecule has 1 unspecified atom stereocenters.